The Hall–Kier alpha value is -3.18. The zero-order valence-corrected chi connectivity index (χ0v) is 16.8. The summed E-state index contributed by atoms with van der Waals surface area (Å²) in [6.07, 6.45) is 3.93. The first-order valence-corrected chi connectivity index (χ1v) is 9.95. The molecule has 0 spiro atoms. The summed E-state index contributed by atoms with van der Waals surface area (Å²) in [5, 5.41) is 4.58. The van der Waals surface area contributed by atoms with Crippen molar-refractivity contribution in [2.24, 2.45) is 5.73 Å². The van der Waals surface area contributed by atoms with Gasteiger partial charge in [-0.2, -0.15) is 5.10 Å². The Morgan fingerprint density at radius 3 is 2.72 bits per heavy atom. The molecule has 2 N–H and O–H groups in total. The van der Waals surface area contributed by atoms with E-state index in [0.29, 0.717) is 5.57 Å². The molecule has 1 aromatic heterocycles. The number of aromatic nitrogens is 2. The van der Waals surface area contributed by atoms with Crippen molar-refractivity contribution in [3.8, 4) is 5.69 Å². The van der Waals surface area contributed by atoms with Crippen LogP contribution in [0.2, 0.25) is 0 Å². The minimum absolute atomic E-state index is 0.376. The zero-order valence-electron chi connectivity index (χ0n) is 16.8. The van der Waals surface area contributed by atoms with Crippen molar-refractivity contribution >= 4 is 11.5 Å². The quantitative estimate of drug-likeness (QED) is 0.661. The van der Waals surface area contributed by atoms with E-state index in [9.17, 15) is 4.79 Å². The molecule has 5 heteroatoms. The summed E-state index contributed by atoms with van der Waals surface area (Å²) in [5.41, 5.74) is 12.7. The normalized spacial score (nSPS) is 13.8. The summed E-state index contributed by atoms with van der Waals surface area (Å²) in [4.78, 5) is 13.8. The van der Waals surface area contributed by atoms with Crippen LogP contribution in [0.15, 0.2) is 61.3 Å². The molecular weight excluding hydrogens is 360 g/mol. The van der Waals surface area contributed by atoms with Gasteiger partial charge in [-0.15, -0.1) is 0 Å². The SMILES string of the molecule is C=C(C(N)=O)c1ccc2c(c1)CCN(CCc1cnn(-c3ccccc3)c1C)C2. The first kappa shape index (κ1) is 19.2. The molecule has 0 saturated carbocycles. The first-order valence-electron chi connectivity index (χ1n) is 9.95. The number of fused-ring (bicyclic) bond motifs is 1. The van der Waals surface area contributed by atoms with Gasteiger partial charge in [-0.25, -0.2) is 4.68 Å². The van der Waals surface area contributed by atoms with E-state index in [4.69, 9.17) is 5.73 Å². The van der Waals surface area contributed by atoms with Crippen LogP contribution < -0.4 is 5.73 Å². The van der Waals surface area contributed by atoms with E-state index in [2.05, 4.69) is 47.8 Å². The second-order valence-electron chi connectivity index (χ2n) is 7.61. The van der Waals surface area contributed by atoms with Crippen molar-refractivity contribution in [2.45, 2.75) is 26.3 Å². The van der Waals surface area contributed by atoms with Gasteiger partial charge >= 0.3 is 0 Å². The van der Waals surface area contributed by atoms with Crippen LogP contribution in [0.5, 0.6) is 0 Å². The minimum atomic E-state index is -0.464. The molecule has 0 fully saturated rings. The third kappa shape index (κ3) is 4.00. The number of carbonyl (C=O) groups is 1. The average molecular weight is 386 g/mol. The van der Waals surface area contributed by atoms with E-state index < -0.39 is 5.91 Å². The number of para-hydroxylation sites is 1. The number of primary amides is 1. The second kappa shape index (κ2) is 8.05. The Kier molecular flexibility index (Phi) is 5.32. The van der Waals surface area contributed by atoms with Crippen LogP contribution in [0, 0.1) is 6.92 Å². The Bertz CT molecular complexity index is 1050. The molecule has 148 valence electrons. The lowest BCUT2D eigenvalue weighted by Crippen LogP contribution is -2.32. The van der Waals surface area contributed by atoms with Gasteiger partial charge in [0, 0.05) is 30.9 Å². The minimum Gasteiger partial charge on any atom is -0.366 e. The van der Waals surface area contributed by atoms with Crippen LogP contribution >= 0.6 is 0 Å². The molecule has 0 unspecified atom stereocenters. The fourth-order valence-corrected chi connectivity index (χ4v) is 3.93. The summed E-state index contributed by atoms with van der Waals surface area (Å²) in [6.45, 7) is 8.85. The Morgan fingerprint density at radius 1 is 1.17 bits per heavy atom. The Balaban J connectivity index is 1.41. The van der Waals surface area contributed by atoms with Crippen LogP contribution in [0.4, 0.5) is 0 Å². The van der Waals surface area contributed by atoms with E-state index in [1.807, 2.05) is 35.1 Å². The van der Waals surface area contributed by atoms with Gasteiger partial charge < -0.3 is 5.73 Å². The summed E-state index contributed by atoms with van der Waals surface area (Å²) < 4.78 is 2.01. The van der Waals surface area contributed by atoms with Gasteiger partial charge in [0.2, 0.25) is 5.91 Å². The van der Waals surface area contributed by atoms with Gasteiger partial charge in [0.05, 0.1) is 11.9 Å². The third-order valence-electron chi connectivity index (χ3n) is 5.75. The molecule has 0 radical (unpaired) electrons. The van der Waals surface area contributed by atoms with Crippen LogP contribution in [-0.2, 0) is 24.2 Å². The average Bonchev–Trinajstić information content (AvgIpc) is 3.12. The fourth-order valence-electron chi connectivity index (χ4n) is 3.93. The zero-order chi connectivity index (χ0) is 20.4. The van der Waals surface area contributed by atoms with Crippen LogP contribution in [-0.4, -0.2) is 33.7 Å². The molecule has 2 aromatic carbocycles. The van der Waals surface area contributed by atoms with E-state index in [0.717, 1.165) is 43.7 Å². The molecule has 3 aromatic rings. The third-order valence-corrected chi connectivity index (χ3v) is 5.75. The van der Waals surface area contributed by atoms with Gasteiger partial charge in [-0.3, -0.25) is 9.69 Å². The number of rotatable bonds is 6. The van der Waals surface area contributed by atoms with E-state index in [-0.39, 0.29) is 0 Å². The number of nitrogens with zero attached hydrogens (tertiary/aromatic N) is 3. The van der Waals surface area contributed by atoms with Gasteiger partial charge in [-0.05, 0) is 54.2 Å². The molecule has 5 nitrogen and oxygen atoms in total. The van der Waals surface area contributed by atoms with Gasteiger partial charge in [0.25, 0.3) is 0 Å². The lowest BCUT2D eigenvalue weighted by molar-refractivity contribution is -0.112. The molecule has 0 bridgehead atoms. The molecular formula is C24H26N4O. The van der Waals surface area contributed by atoms with Gasteiger partial charge in [-0.1, -0.05) is 43.0 Å². The van der Waals surface area contributed by atoms with Gasteiger partial charge in [0.15, 0.2) is 0 Å². The second-order valence-corrected chi connectivity index (χ2v) is 7.61. The largest absolute Gasteiger partial charge is 0.366 e. The van der Waals surface area contributed by atoms with Crippen molar-refractivity contribution in [1.29, 1.82) is 0 Å². The summed E-state index contributed by atoms with van der Waals surface area (Å²) in [5.74, 6) is -0.464. The van der Waals surface area contributed by atoms with Crippen LogP contribution in [0.1, 0.15) is 27.9 Å². The highest BCUT2D eigenvalue weighted by Crippen LogP contribution is 2.24. The maximum absolute atomic E-state index is 11.4. The summed E-state index contributed by atoms with van der Waals surface area (Å²) in [7, 11) is 0. The Morgan fingerprint density at radius 2 is 1.97 bits per heavy atom. The number of carbonyl (C=O) groups excluding carboxylic acids is 1. The first-order chi connectivity index (χ1) is 14.0. The van der Waals surface area contributed by atoms with E-state index in [1.165, 1.54) is 22.4 Å². The molecule has 0 aliphatic carbocycles. The number of hydrogen-bond donors (Lipinski definition) is 1. The number of amides is 1. The predicted octanol–water partition coefficient (Wildman–Crippen LogP) is 3.28. The topological polar surface area (TPSA) is 64.2 Å². The molecule has 1 amide bonds. The van der Waals surface area contributed by atoms with Gasteiger partial charge in [0.1, 0.15) is 0 Å². The lowest BCUT2D eigenvalue weighted by Gasteiger charge is -2.29. The monoisotopic (exact) mass is 386 g/mol. The van der Waals surface area contributed by atoms with Crippen molar-refractivity contribution in [1.82, 2.24) is 14.7 Å². The van der Waals surface area contributed by atoms with Crippen molar-refractivity contribution in [3.63, 3.8) is 0 Å². The molecule has 1 aliphatic rings. The highest BCUT2D eigenvalue weighted by atomic mass is 16.1. The smallest absolute Gasteiger partial charge is 0.248 e. The fraction of sp³-hybridized carbons (Fsp3) is 0.250. The van der Waals surface area contributed by atoms with Crippen molar-refractivity contribution < 1.29 is 4.79 Å². The molecule has 0 atom stereocenters. The summed E-state index contributed by atoms with van der Waals surface area (Å²) in [6, 6.07) is 16.3. The van der Waals surface area contributed by atoms with Crippen molar-refractivity contribution in [3.05, 3.63) is 89.3 Å². The molecule has 4 rings (SSSR count). The number of benzene rings is 2. The number of nitrogens with two attached hydrogens (primary N) is 1. The van der Waals surface area contributed by atoms with Crippen LogP contribution in [0.25, 0.3) is 11.3 Å². The van der Waals surface area contributed by atoms with Crippen LogP contribution in [0.3, 0.4) is 0 Å². The Labute approximate surface area is 171 Å². The molecule has 0 saturated heterocycles. The van der Waals surface area contributed by atoms with E-state index >= 15 is 0 Å². The predicted molar refractivity (Wildman–Crippen MR) is 116 cm³/mol. The highest BCUT2D eigenvalue weighted by Gasteiger charge is 2.18. The maximum Gasteiger partial charge on any atom is 0.248 e. The molecule has 2 heterocycles. The van der Waals surface area contributed by atoms with E-state index in [1.54, 1.807) is 0 Å². The highest BCUT2D eigenvalue weighted by molar-refractivity contribution is 6.17. The maximum atomic E-state index is 11.4. The number of hydrogen-bond acceptors (Lipinski definition) is 3. The standard InChI is InChI=1S/C24H26N4O/c1-17(24(25)29)19-8-9-22-16-27(12-10-20(22)14-19)13-11-21-15-26-28(18(21)2)23-6-4-3-5-7-23/h3-9,14-15H,1,10-13,16H2,2H3,(H2,25,29). The lowest BCUT2D eigenvalue weighted by atomic mass is 9.94. The molecule has 29 heavy (non-hydrogen) atoms. The summed E-state index contributed by atoms with van der Waals surface area (Å²) >= 11 is 0. The molecule has 1 aliphatic heterocycles. The van der Waals surface area contributed by atoms with Crippen molar-refractivity contribution in [2.75, 3.05) is 13.1 Å².